The fourth-order valence-corrected chi connectivity index (χ4v) is 3.51. The van der Waals surface area contributed by atoms with E-state index < -0.39 is 0 Å². The van der Waals surface area contributed by atoms with E-state index in [2.05, 4.69) is 5.32 Å². The van der Waals surface area contributed by atoms with Gasteiger partial charge in [-0.1, -0.05) is 12.8 Å². The van der Waals surface area contributed by atoms with Gasteiger partial charge in [0.1, 0.15) is 5.82 Å². The minimum Gasteiger partial charge on any atom is -0.353 e. The smallest absolute Gasteiger partial charge is 0.253 e. The third kappa shape index (κ3) is 3.89. The van der Waals surface area contributed by atoms with Gasteiger partial charge in [0, 0.05) is 30.6 Å². The van der Waals surface area contributed by atoms with Gasteiger partial charge in [0.15, 0.2) is 0 Å². The molecule has 1 aromatic carbocycles. The second kappa shape index (κ2) is 7.11. The maximum atomic E-state index is 12.9. The zero-order chi connectivity index (χ0) is 16.2. The lowest BCUT2D eigenvalue weighted by Gasteiger charge is -2.33. The molecule has 2 fully saturated rings. The van der Waals surface area contributed by atoms with Crippen LogP contribution in [0.15, 0.2) is 24.3 Å². The number of nitrogens with zero attached hydrogens (tertiary/aromatic N) is 1. The predicted molar refractivity (Wildman–Crippen MR) is 85.4 cm³/mol. The molecule has 1 heterocycles. The van der Waals surface area contributed by atoms with Crippen LogP contribution in [0.2, 0.25) is 0 Å². The van der Waals surface area contributed by atoms with Crippen LogP contribution in [0.3, 0.4) is 0 Å². The van der Waals surface area contributed by atoms with E-state index in [9.17, 15) is 14.0 Å². The van der Waals surface area contributed by atoms with Crippen molar-refractivity contribution in [1.82, 2.24) is 10.2 Å². The summed E-state index contributed by atoms with van der Waals surface area (Å²) in [5.74, 6) is -0.0276. The Labute approximate surface area is 136 Å². The number of carbonyl (C=O) groups is 2. The van der Waals surface area contributed by atoms with Crippen molar-refractivity contribution in [3.63, 3.8) is 0 Å². The molecule has 4 nitrogen and oxygen atoms in total. The number of hydrogen-bond donors (Lipinski definition) is 1. The minimum absolute atomic E-state index is 0.0643. The topological polar surface area (TPSA) is 49.4 Å². The van der Waals surface area contributed by atoms with Gasteiger partial charge in [0.25, 0.3) is 5.91 Å². The fourth-order valence-electron chi connectivity index (χ4n) is 3.51. The van der Waals surface area contributed by atoms with Crippen molar-refractivity contribution in [2.75, 3.05) is 13.1 Å². The number of rotatable bonds is 3. The highest BCUT2D eigenvalue weighted by molar-refractivity contribution is 5.94. The van der Waals surface area contributed by atoms with Crippen molar-refractivity contribution in [1.29, 1.82) is 0 Å². The number of piperidine rings is 1. The lowest BCUT2D eigenvalue weighted by Crippen LogP contribution is -2.47. The van der Waals surface area contributed by atoms with Gasteiger partial charge in [-0.25, -0.2) is 4.39 Å². The molecule has 3 rings (SSSR count). The Hall–Kier alpha value is -1.91. The van der Waals surface area contributed by atoms with Crippen LogP contribution < -0.4 is 5.32 Å². The van der Waals surface area contributed by atoms with Gasteiger partial charge in [-0.15, -0.1) is 0 Å². The van der Waals surface area contributed by atoms with Crippen LogP contribution in [0.4, 0.5) is 4.39 Å². The van der Waals surface area contributed by atoms with E-state index in [1.165, 1.54) is 24.3 Å². The van der Waals surface area contributed by atoms with Gasteiger partial charge in [0.05, 0.1) is 0 Å². The summed E-state index contributed by atoms with van der Waals surface area (Å²) in [7, 11) is 0. The average Bonchev–Trinajstić information content (AvgIpc) is 3.10. The Balaban J connectivity index is 1.49. The van der Waals surface area contributed by atoms with Gasteiger partial charge < -0.3 is 10.2 Å². The SMILES string of the molecule is O=C(NC1CCN(C(=O)c2ccc(F)cc2)CC1)C1CCCC1. The summed E-state index contributed by atoms with van der Waals surface area (Å²) in [6, 6.07) is 5.82. The molecule has 23 heavy (non-hydrogen) atoms. The van der Waals surface area contributed by atoms with Crippen LogP contribution in [0.25, 0.3) is 0 Å². The molecule has 0 aromatic heterocycles. The molecule has 1 aromatic rings. The lowest BCUT2D eigenvalue weighted by molar-refractivity contribution is -0.125. The zero-order valence-electron chi connectivity index (χ0n) is 13.3. The van der Waals surface area contributed by atoms with E-state index in [-0.39, 0.29) is 29.6 Å². The Kier molecular flexibility index (Phi) is 4.94. The zero-order valence-corrected chi connectivity index (χ0v) is 13.3. The van der Waals surface area contributed by atoms with Crippen LogP contribution in [0.1, 0.15) is 48.9 Å². The molecule has 1 saturated carbocycles. The summed E-state index contributed by atoms with van der Waals surface area (Å²) < 4.78 is 12.9. The predicted octanol–water partition coefficient (Wildman–Crippen LogP) is 2.74. The van der Waals surface area contributed by atoms with Gasteiger partial charge >= 0.3 is 0 Å². The Morgan fingerprint density at radius 1 is 1.00 bits per heavy atom. The van der Waals surface area contributed by atoms with E-state index in [0.717, 1.165) is 38.5 Å². The lowest BCUT2D eigenvalue weighted by atomic mass is 10.0. The maximum Gasteiger partial charge on any atom is 0.253 e. The van der Waals surface area contributed by atoms with Crippen LogP contribution in [0, 0.1) is 11.7 Å². The minimum atomic E-state index is -0.338. The molecule has 0 atom stereocenters. The van der Waals surface area contributed by atoms with Crippen molar-refractivity contribution in [3.05, 3.63) is 35.6 Å². The maximum absolute atomic E-state index is 12.9. The summed E-state index contributed by atoms with van der Waals surface area (Å²) >= 11 is 0. The molecular formula is C18H23FN2O2. The molecule has 1 saturated heterocycles. The van der Waals surface area contributed by atoms with E-state index >= 15 is 0 Å². The van der Waals surface area contributed by atoms with Gasteiger partial charge in [-0.3, -0.25) is 9.59 Å². The summed E-state index contributed by atoms with van der Waals surface area (Å²) in [4.78, 5) is 26.3. The number of benzene rings is 1. The monoisotopic (exact) mass is 318 g/mol. The Morgan fingerprint density at radius 3 is 2.22 bits per heavy atom. The highest BCUT2D eigenvalue weighted by Gasteiger charge is 2.28. The van der Waals surface area contributed by atoms with Crippen LogP contribution in [0.5, 0.6) is 0 Å². The Morgan fingerprint density at radius 2 is 1.61 bits per heavy atom. The molecule has 5 heteroatoms. The molecular weight excluding hydrogens is 295 g/mol. The van der Waals surface area contributed by atoms with E-state index in [1.807, 2.05) is 0 Å². The molecule has 0 bridgehead atoms. The number of likely N-dealkylation sites (tertiary alicyclic amines) is 1. The van der Waals surface area contributed by atoms with Crippen molar-refractivity contribution in [3.8, 4) is 0 Å². The summed E-state index contributed by atoms with van der Waals surface area (Å²) in [6.07, 6.45) is 5.89. The van der Waals surface area contributed by atoms with Crippen LogP contribution >= 0.6 is 0 Å². The normalized spacial score (nSPS) is 19.8. The molecule has 0 spiro atoms. The number of carbonyl (C=O) groups excluding carboxylic acids is 2. The van der Waals surface area contributed by atoms with E-state index in [4.69, 9.17) is 0 Å². The number of amides is 2. The first-order chi connectivity index (χ1) is 11.1. The standard InChI is InChI=1S/C18H23FN2O2/c19-15-7-5-14(6-8-15)18(23)21-11-9-16(10-12-21)20-17(22)13-3-1-2-4-13/h5-8,13,16H,1-4,9-12H2,(H,20,22). The second-order valence-electron chi connectivity index (χ2n) is 6.56. The van der Waals surface area contributed by atoms with E-state index in [0.29, 0.717) is 18.7 Å². The molecule has 2 aliphatic rings. The van der Waals surface area contributed by atoms with Crippen LogP contribution in [-0.2, 0) is 4.79 Å². The number of nitrogens with one attached hydrogen (secondary N) is 1. The molecule has 2 amide bonds. The summed E-state index contributed by atoms with van der Waals surface area (Å²) in [5, 5.41) is 3.14. The summed E-state index contributed by atoms with van der Waals surface area (Å²) in [6.45, 7) is 1.26. The molecule has 1 N–H and O–H groups in total. The quantitative estimate of drug-likeness (QED) is 0.931. The highest BCUT2D eigenvalue weighted by Crippen LogP contribution is 2.25. The van der Waals surface area contributed by atoms with Crippen molar-refractivity contribution in [2.24, 2.45) is 5.92 Å². The fraction of sp³-hybridized carbons (Fsp3) is 0.556. The third-order valence-corrected chi connectivity index (χ3v) is 4.95. The van der Waals surface area contributed by atoms with Gasteiger partial charge in [-0.2, -0.15) is 0 Å². The first-order valence-electron chi connectivity index (χ1n) is 8.49. The Bertz CT molecular complexity index is 559. The van der Waals surface area contributed by atoms with Crippen molar-refractivity contribution < 1.29 is 14.0 Å². The molecule has 1 aliphatic carbocycles. The number of halogens is 1. The first kappa shape index (κ1) is 16.0. The van der Waals surface area contributed by atoms with Crippen molar-refractivity contribution >= 4 is 11.8 Å². The largest absolute Gasteiger partial charge is 0.353 e. The molecule has 1 aliphatic heterocycles. The molecule has 0 unspecified atom stereocenters. The number of hydrogen-bond acceptors (Lipinski definition) is 2. The third-order valence-electron chi connectivity index (χ3n) is 4.95. The highest BCUT2D eigenvalue weighted by atomic mass is 19.1. The van der Waals surface area contributed by atoms with Crippen molar-refractivity contribution in [2.45, 2.75) is 44.6 Å². The molecule has 0 radical (unpaired) electrons. The van der Waals surface area contributed by atoms with Crippen LogP contribution in [-0.4, -0.2) is 35.8 Å². The van der Waals surface area contributed by atoms with E-state index in [1.54, 1.807) is 4.90 Å². The first-order valence-corrected chi connectivity index (χ1v) is 8.49. The van der Waals surface area contributed by atoms with Gasteiger partial charge in [-0.05, 0) is 49.9 Å². The average molecular weight is 318 g/mol. The van der Waals surface area contributed by atoms with Gasteiger partial charge in [0.2, 0.25) is 5.91 Å². The second-order valence-corrected chi connectivity index (χ2v) is 6.56. The molecule has 124 valence electrons. The summed E-state index contributed by atoms with van der Waals surface area (Å²) in [5.41, 5.74) is 0.514.